The summed E-state index contributed by atoms with van der Waals surface area (Å²) in [7, 11) is 1.59. The summed E-state index contributed by atoms with van der Waals surface area (Å²) < 4.78 is 12.6. The number of aromatic nitrogens is 1. The van der Waals surface area contributed by atoms with Crippen LogP contribution in [-0.2, 0) is 6.61 Å². The van der Waals surface area contributed by atoms with Crippen molar-refractivity contribution < 1.29 is 14.3 Å². The highest BCUT2D eigenvalue weighted by Crippen LogP contribution is 2.33. The molecular weight excluding hydrogens is 625 g/mol. The van der Waals surface area contributed by atoms with E-state index in [-0.39, 0.29) is 5.91 Å². The largest absolute Gasteiger partial charge is 0.493 e. The van der Waals surface area contributed by atoms with Crippen LogP contribution < -0.4 is 14.9 Å². The zero-order valence-corrected chi connectivity index (χ0v) is 23.8. The van der Waals surface area contributed by atoms with Crippen molar-refractivity contribution in [3.8, 4) is 22.8 Å². The monoisotopic (exact) mass is 647 g/mol. The molecule has 0 radical (unpaired) electrons. The fraction of sp³-hybridized carbons (Fsp3) is 0.0645. The summed E-state index contributed by atoms with van der Waals surface area (Å²) in [4.78, 5) is 18.1. The van der Waals surface area contributed by atoms with Crippen LogP contribution in [0.4, 0.5) is 0 Å². The van der Waals surface area contributed by atoms with Crippen molar-refractivity contribution in [2.75, 3.05) is 7.11 Å². The Kier molecular flexibility index (Phi) is 8.39. The number of hydrazone groups is 1. The van der Waals surface area contributed by atoms with Gasteiger partial charge < -0.3 is 9.47 Å². The van der Waals surface area contributed by atoms with Crippen LogP contribution >= 0.6 is 34.2 Å². The van der Waals surface area contributed by atoms with E-state index in [1.165, 1.54) is 0 Å². The lowest BCUT2D eigenvalue weighted by atomic mass is 10.0. The number of hydrogen-bond donors (Lipinski definition) is 1. The molecule has 0 fully saturated rings. The van der Waals surface area contributed by atoms with Gasteiger partial charge in [0.15, 0.2) is 11.5 Å². The molecule has 8 heteroatoms. The Balaban J connectivity index is 1.42. The summed E-state index contributed by atoms with van der Waals surface area (Å²) in [6, 6.07) is 30.3. The smallest absolute Gasteiger partial charge is 0.272 e. The Hall–Kier alpha value is -3.95. The molecule has 0 aliphatic heterocycles. The molecule has 1 heterocycles. The number of halogens is 2. The Bertz CT molecular complexity index is 1660. The van der Waals surface area contributed by atoms with Crippen molar-refractivity contribution in [2.45, 2.75) is 6.61 Å². The number of carbonyl (C=O) groups is 1. The topological polar surface area (TPSA) is 72.8 Å². The number of ether oxygens (including phenoxy) is 2. The molecule has 4 aromatic carbocycles. The minimum atomic E-state index is -0.344. The molecular formula is C31H23ClIN3O3. The van der Waals surface area contributed by atoms with Crippen LogP contribution in [0, 0.1) is 3.57 Å². The summed E-state index contributed by atoms with van der Waals surface area (Å²) in [6.45, 7) is 0.312. The zero-order chi connectivity index (χ0) is 27.2. The van der Waals surface area contributed by atoms with E-state index in [9.17, 15) is 4.79 Å². The van der Waals surface area contributed by atoms with E-state index in [2.05, 4.69) is 33.1 Å². The fourth-order valence-corrected chi connectivity index (χ4v) is 4.81. The standard InChI is InChI=1S/C31H23ClIN3O3/c1-38-29-16-24(33)15-22(30(29)39-19-20-11-13-23(32)14-12-20)18-34-36-31(37)26-17-28(21-7-3-2-4-8-21)35-27-10-6-5-9-25(26)27/h2-18H,19H2,1H3,(H,36,37)/b34-18-. The van der Waals surface area contributed by atoms with Gasteiger partial charge in [0.2, 0.25) is 0 Å². The van der Waals surface area contributed by atoms with E-state index >= 15 is 0 Å². The molecule has 0 aliphatic carbocycles. The van der Waals surface area contributed by atoms with Gasteiger partial charge in [0.25, 0.3) is 5.91 Å². The van der Waals surface area contributed by atoms with E-state index in [0.29, 0.717) is 39.9 Å². The number of nitrogens with zero attached hydrogens (tertiary/aromatic N) is 2. The van der Waals surface area contributed by atoms with Gasteiger partial charge in [0.1, 0.15) is 6.61 Å². The Morgan fingerprint density at radius 2 is 1.74 bits per heavy atom. The highest BCUT2D eigenvalue weighted by molar-refractivity contribution is 14.1. The summed E-state index contributed by atoms with van der Waals surface area (Å²) >= 11 is 8.20. The van der Waals surface area contributed by atoms with Crippen LogP contribution in [-0.4, -0.2) is 24.2 Å². The summed E-state index contributed by atoms with van der Waals surface area (Å²) in [5, 5.41) is 5.67. The van der Waals surface area contributed by atoms with E-state index in [1.807, 2.05) is 91.0 Å². The molecule has 5 aromatic rings. The Labute approximate surface area is 244 Å². The molecule has 0 aliphatic rings. The number of amides is 1. The van der Waals surface area contributed by atoms with Crippen molar-refractivity contribution in [1.82, 2.24) is 10.4 Å². The second-order valence-corrected chi connectivity index (χ2v) is 10.3. The quantitative estimate of drug-likeness (QED) is 0.108. The molecule has 0 bridgehead atoms. The van der Waals surface area contributed by atoms with Gasteiger partial charge in [-0.15, -0.1) is 0 Å². The highest BCUT2D eigenvalue weighted by atomic mass is 127. The lowest BCUT2D eigenvalue weighted by Crippen LogP contribution is -2.18. The summed E-state index contributed by atoms with van der Waals surface area (Å²) in [6.07, 6.45) is 1.56. The average molecular weight is 648 g/mol. The second-order valence-electron chi connectivity index (χ2n) is 8.58. The Morgan fingerprint density at radius 1 is 1.00 bits per heavy atom. The third kappa shape index (κ3) is 6.38. The highest BCUT2D eigenvalue weighted by Gasteiger charge is 2.15. The van der Waals surface area contributed by atoms with Gasteiger partial charge in [-0.3, -0.25) is 4.79 Å². The first-order chi connectivity index (χ1) is 19.0. The molecule has 0 unspecified atom stereocenters. The maximum absolute atomic E-state index is 13.3. The van der Waals surface area contributed by atoms with E-state index in [1.54, 1.807) is 19.4 Å². The van der Waals surface area contributed by atoms with Crippen molar-refractivity contribution in [3.05, 3.63) is 122 Å². The van der Waals surface area contributed by atoms with E-state index in [0.717, 1.165) is 25.6 Å². The maximum atomic E-state index is 13.3. The molecule has 6 nitrogen and oxygen atoms in total. The lowest BCUT2D eigenvalue weighted by Gasteiger charge is -2.14. The van der Waals surface area contributed by atoms with Gasteiger partial charge in [0, 0.05) is 25.1 Å². The van der Waals surface area contributed by atoms with Gasteiger partial charge in [-0.25, -0.2) is 10.4 Å². The molecule has 194 valence electrons. The van der Waals surface area contributed by atoms with Crippen LogP contribution in [0.15, 0.2) is 102 Å². The summed E-state index contributed by atoms with van der Waals surface area (Å²) in [5.41, 5.74) is 7.14. The SMILES string of the molecule is COc1cc(I)cc(/C=N\NC(=O)c2cc(-c3ccccc3)nc3ccccc23)c1OCc1ccc(Cl)cc1. The first-order valence-corrected chi connectivity index (χ1v) is 13.5. The molecule has 1 amide bonds. The number of nitrogens with one attached hydrogen (secondary N) is 1. The number of carbonyl (C=O) groups excluding carboxylic acids is 1. The number of pyridine rings is 1. The van der Waals surface area contributed by atoms with E-state index < -0.39 is 0 Å². The van der Waals surface area contributed by atoms with Crippen molar-refractivity contribution in [3.63, 3.8) is 0 Å². The number of rotatable bonds is 8. The molecule has 1 N–H and O–H groups in total. The number of para-hydroxylation sites is 1. The normalized spacial score (nSPS) is 11.1. The van der Waals surface area contributed by atoms with Crippen LogP contribution in [0.25, 0.3) is 22.2 Å². The van der Waals surface area contributed by atoms with Crippen molar-refractivity contribution in [1.29, 1.82) is 0 Å². The molecule has 0 saturated heterocycles. The molecule has 0 saturated carbocycles. The molecule has 5 rings (SSSR count). The fourth-order valence-electron chi connectivity index (χ4n) is 4.07. The van der Waals surface area contributed by atoms with Gasteiger partial charge >= 0.3 is 0 Å². The van der Waals surface area contributed by atoms with Crippen LogP contribution in [0.5, 0.6) is 11.5 Å². The molecule has 39 heavy (non-hydrogen) atoms. The predicted octanol–water partition coefficient (Wildman–Crippen LogP) is 7.51. The van der Waals surface area contributed by atoms with Gasteiger partial charge in [-0.2, -0.15) is 5.10 Å². The van der Waals surface area contributed by atoms with Crippen LogP contribution in [0.2, 0.25) is 5.02 Å². The zero-order valence-electron chi connectivity index (χ0n) is 20.9. The van der Waals surface area contributed by atoms with Crippen LogP contribution in [0.3, 0.4) is 0 Å². The van der Waals surface area contributed by atoms with E-state index in [4.69, 9.17) is 26.1 Å². The second kappa shape index (κ2) is 12.3. The minimum absolute atomic E-state index is 0.312. The minimum Gasteiger partial charge on any atom is -0.493 e. The first-order valence-electron chi connectivity index (χ1n) is 12.0. The maximum Gasteiger partial charge on any atom is 0.272 e. The third-order valence-corrected chi connectivity index (χ3v) is 6.84. The number of benzene rings is 4. The first kappa shape index (κ1) is 26.6. The number of fused-ring (bicyclic) bond motifs is 1. The number of methoxy groups -OCH3 is 1. The lowest BCUT2D eigenvalue weighted by molar-refractivity contribution is 0.0956. The van der Waals surface area contributed by atoms with Crippen molar-refractivity contribution >= 4 is 57.2 Å². The van der Waals surface area contributed by atoms with Gasteiger partial charge in [0.05, 0.1) is 30.1 Å². The molecule has 0 spiro atoms. The third-order valence-electron chi connectivity index (χ3n) is 5.96. The van der Waals surface area contributed by atoms with Gasteiger partial charge in [-0.05, 0) is 64.6 Å². The number of hydrogen-bond acceptors (Lipinski definition) is 5. The Morgan fingerprint density at radius 3 is 2.51 bits per heavy atom. The van der Waals surface area contributed by atoms with Crippen molar-refractivity contribution in [2.24, 2.45) is 5.10 Å². The predicted molar refractivity (Wildman–Crippen MR) is 164 cm³/mol. The van der Waals surface area contributed by atoms with Gasteiger partial charge in [-0.1, -0.05) is 72.3 Å². The average Bonchev–Trinajstić information content (AvgIpc) is 2.97. The van der Waals surface area contributed by atoms with Crippen LogP contribution in [0.1, 0.15) is 21.5 Å². The summed E-state index contributed by atoms with van der Waals surface area (Å²) in [5.74, 6) is 0.742. The molecule has 0 atom stereocenters. The molecule has 1 aromatic heterocycles.